The number of hydrogen-bond donors (Lipinski definition) is 2. The molecule has 1 aliphatic heterocycles. The average Bonchev–Trinajstić information content (AvgIpc) is 2.92. The second-order valence-corrected chi connectivity index (χ2v) is 9.20. The summed E-state index contributed by atoms with van der Waals surface area (Å²) in [5, 5.41) is 13.3. The molecular formula is C20H24N2O4S. The number of aliphatic hydroxyl groups excluding tert-OH is 1. The largest absolute Gasteiger partial charge is 0.390 e. The fourth-order valence-electron chi connectivity index (χ4n) is 3.21. The predicted octanol–water partition coefficient (Wildman–Crippen LogP) is 1.84. The van der Waals surface area contributed by atoms with Gasteiger partial charge < -0.3 is 15.3 Å². The maximum absolute atomic E-state index is 12.7. The first-order chi connectivity index (χ1) is 12.7. The van der Waals surface area contributed by atoms with Crippen molar-refractivity contribution >= 4 is 21.4 Å². The van der Waals surface area contributed by atoms with Gasteiger partial charge in [-0.3, -0.25) is 4.79 Å². The SMILES string of the molecule is Cc1ccc(CNc2cccc(C(=O)N(C)[C@@H]3CS(=O)(=O)C[C@H]3O)c2)cc1. The van der Waals surface area contributed by atoms with Gasteiger partial charge in [0.25, 0.3) is 5.91 Å². The summed E-state index contributed by atoms with van der Waals surface area (Å²) >= 11 is 0. The molecule has 0 aromatic heterocycles. The minimum absolute atomic E-state index is 0.207. The molecule has 1 amide bonds. The number of aliphatic hydroxyl groups is 1. The van der Waals surface area contributed by atoms with Crippen LogP contribution in [0.3, 0.4) is 0 Å². The quantitative estimate of drug-likeness (QED) is 0.816. The van der Waals surface area contributed by atoms with Gasteiger partial charge >= 0.3 is 0 Å². The third-order valence-electron chi connectivity index (χ3n) is 4.84. The topological polar surface area (TPSA) is 86.7 Å². The van der Waals surface area contributed by atoms with Crippen molar-refractivity contribution in [1.82, 2.24) is 4.90 Å². The molecule has 0 aliphatic carbocycles. The van der Waals surface area contributed by atoms with Crippen LogP contribution in [0.5, 0.6) is 0 Å². The molecule has 1 aliphatic rings. The first kappa shape index (κ1) is 19.4. The number of hydrogen-bond acceptors (Lipinski definition) is 5. The molecule has 2 aromatic carbocycles. The van der Waals surface area contributed by atoms with Crippen molar-refractivity contribution in [3.63, 3.8) is 0 Å². The Balaban J connectivity index is 1.69. The van der Waals surface area contributed by atoms with Crippen molar-refractivity contribution in [1.29, 1.82) is 0 Å². The lowest BCUT2D eigenvalue weighted by Gasteiger charge is -2.26. The summed E-state index contributed by atoms with van der Waals surface area (Å²) < 4.78 is 23.4. The van der Waals surface area contributed by atoms with Gasteiger partial charge in [-0.2, -0.15) is 0 Å². The lowest BCUT2D eigenvalue weighted by Crippen LogP contribution is -2.44. The molecule has 0 saturated carbocycles. The Bertz CT molecular complexity index is 925. The van der Waals surface area contributed by atoms with E-state index in [4.69, 9.17) is 0 Å². The molecule has 7 heteroatoms. The van der Waals surface area contributed by atoms with Gasteiger partial charge in [0.15, 0.2) is 9.84 Å². The van der Waals surface area contributed by atoms with Crippen molar-refractivity contribution < 1.29 is 18.3 Å². The maximum atomic E-state index is 12.7. The zero-order chi connectivity index (χ0) is 19.6. The zero-order valence-electron chi connectivity index (χ0n) is 15.4. The summed E-state index contributed by atoms with van der Waals surface area (Å²) in [6, 6.07) is 14.6. The average molecular weight is 388 g/mol. The van der Waals surface area contributed by atoms with E-state index in [0.717, 1.165) is 11.3 Å². The van der Waals surface area contributed by atoms with Crippen LogP contribution in [-0.4, -0.2) is 55.0 Å². The number of rotatable bonds is 5. The molecule has 2 atom stereocenters. The Hall–Kier alpha value is -2.38. The third-order valence-corrected chi connectivity index (χ3v) is 6.54. The molecular weight excluding hydrogens is 364 g/mol. The lowest BCUT2D eigenvalue weighted by molar-refractivity contribution is 0.0581. The van der Waals surface area contributed by atoms with Crippen molar-refractivity contribution in [3.05, 3.63) is 65.2 Å². The van der Waals surface area contributed by atoms with Gasteiger partial charge in [-0.25, -0.2) is 8.42 Å². The molecule has 3 rings (SSSR count). The Morgan fingerprint density at radius 2 is 1.89 bits per heavy atom. The molecule has 2 N–H and O–H groups in total. The van der Waals surface area contributed by atoms with E-state index in [2.05, 4.69) is 5.32 Å². The van der Waals surface area contributed by atoms with E-state index in [1.54, 1.807) is 18.2 Å². The number of carbonyl (C=O) groups is 1. The minimum Gasteiger partial charge on any atom is -0.390 e. The molecule has 144 valence electrons. The highest BCUT2D eigenvalue weighted by molar-refractivity contribution is 7.91. The van der Waals surface area contributed by atoms with Crippen LogP contribution in [0.1, 0.15) is 21.5 Å². The van der Waals surface area contributed by atoms with Crippen molar-refractivity contribution in [3.8, 4) is 0 Å². The van der Waals surface area contributed by atoms with E-state index in [-0.39, 0.29) is 17.4 Å². The molecule has 0 unspecified atom stereocenters. The fraction of sp³-hybridized carbons (Fsp3) is 0.350. The summed E-state index contributed by atoms with van der Waals surface area (Å²) in [5.74, 6) is -0.815. The standard InChI is InChI=1S/C20H24N2O4S/c1-14-6-8-15(9-7-14)11-21-17-5-3-4-16(10-17)20(24)22(2)18-12-27(25,26)13-19(18)23/h3-10,18-19,21,23H,11-13H2,1-2H3/t18-,19-/m1/s1. The molecule has 0 bridgehead atoms. The van der Waals surface area contributed by atoms with Crippen LogP contribution in [0.2, 0.25) is 0 Å². The number of anilines is 1. The maximum Gasteiger partial charge on any atom is 0.254 e. The summed E-state index contributed by atoms with van der Waals surface area (Å²) in [4.78, 5) is 14.1. The monoisotopic (exact) mass is 388 g/mol. The van der Waals surface area contributed by atoms with Crippen molar-refractivity contribution in [2.45, 2.75) is 25.6 Å². The molecule has 27 heavy (non-hydrogen) atoms. The van der Waals surface area contributed by atoms with E-state index in [9.17, 15) is 18.3 Å². The van der Waals surface area contributed by atoms with Gasteiger partial charge in [-0.15, -0.1) is 0 Å². The number of carbonyl (C=O) groups excluding carboxylic acids is 1. The summed E-state index contributed by atoms with van der Waals surface area (Å²) in [5.41, 5.74) is 3.58. The second-order valence-electron chi connectivity index (χ2n) is 7.05. The zero-order valence-corrected chi connectivity index (χ0v) is 16.2. The van der Waals surface area contributed by atoms with Crippen molar-refractivity contribution in [2.24, 2.45) is 0 Å². The lowest BCUT2D eigenvalue weighted by atomic mass is 10.1. The highest BCUT2D eigenvalue weighted by atomic mass is 32.2. The first-order valence-electron chi connectivity index (χ1n) is 8.80. The van der Waals surface area contributed by atoms with Crippen LogP contribution in [-0.2, 0) is 16.4 Å². The van der Waals surface area contributed by atoms with Gasteiger partial charge in [0.2, 0.25) is 0 Å². The van der Waals surface area contributed by atoms with Crippen LogP contribution in [0.4, 0.5) is 5.69 Å². The highest BCUT2D eigenvalue weighted by Gasteiger charge is 2.40. The van der Waals surface area contributed by atoms with E-state index >= 15 is 0 Å². The van der Waals surface area contributed by atoms with Gasteiger partial charge in [-0.05, 0) is 30.7 Å². The smallest absolute Gasteiger partial charge is 0.254 e. The fourth-order valence-corrected chi connectivity index (χ4v) is 5.05. The first-order valence-corrected chi connectivity index (χ1v) is 10.6. The van der Waals surface area contributed by atoms with Crippen LogP contribution in [0, 0.1) is 6.92 Å². The minimum atomic E-state index is -3.31. The van der Waals surface area contributed by atoms with Gasteiger partial charge in [-0.1, -0.05) is 35.9 Å². The molecule has 2 aromatic rings. The Morgan fingerprint density at radius 3 is 2.52 bits per heavy atom. The molecule has 6 nitrogen and oxygen atoms in total. The summed E-state index contributed by atoms with van der Waals surface area (Å²) in [6.07, 6.45) is -1.05. The molecule has 0 radical (unpaired) electrons. The number of benzene rings is 2. The summed E-state index contributed by atoms with van der Waals surface area (Å²) in [6.45, 7) is 2.67. The van der Waals surface area contributed by atoms with Gasteiger partial charge in [0.1, 0.15) is 0 Å². The number of nitrogens with zero attached hydrogens (tertiary/aromatic N) is 1. The van der Waals surface area contributed by atoms with Crippen molar-refractivity contribution in [2.75, 3.05) is 23.9 Å². The van der Waals surface area contributed by atoms with Gasteiger partial charge in [0.05, 0.1) is 23.7 Å². The Kier molecular flexibility index (Phi) is 5.53. The number of sulfone groups is 1. The van der Waals surface area contributed by atoms with Crippen LogP contribution in [0.25, 0.3) is 0 Å². The highest BCUT2D eigenvalue weighted by Crippen LogP contribution is 2.21. The van der Waals surface area contributed by atoms with E-state index < -0.39 is 22.0 Å². The van der Waals surface area contributed by atoms with Crippen LogP contribution in [0.15, 0.2) is 48.5 Å². The number of amides is 1. The van der Waals surface area contributed by atoms with E-state index in [0.29, 0.717) is 12.1 Å². The Labute approximate surface area is 159 Å². The van der Waals surface area contributed by atoms with Crippen LogP contribution < -0.4 is 5.32 Å². The second kappa shape index (κ2) is 7.70. The molecule has 0 spiro atoms. The molecule has 1 heterocycles. The number of aryl methyl sites for hydroxylation is 1. The van der Waals surface area contributed by atoms with Crippen LogP contribution >= 0.6 is 0 Å². The predicted molar refractivity (Wildman–Crippen MR) is 105 cm³/mol. The van der Waals surface area contributed by atoms with E-state index in [1.165, 1.54) is 17.5 Å². The Morgan fingerprint density at radius 1 is 1.19 bits per heavy atom. The summed E-state index contributed by atoms with van der Waals surface area (Å²) in [7, 11) is -1.78. The molecule has 1 fully saturated rings. The molecule has 1 saturated heterocycles. The number of likely N-dealkylation sites (N-methyl/N-ethyl adjacent to an activating group) is 1. The number of nitrogens with one attached hydrogen (secondary N) is 1. The van der Waals surface area contributed by atoms with E-state index in [1.807, 2.05) is 37.3 Å². The van der Waals surface area contributed by atoms with Gasteiger partial charge in [0, 0.05) is 24.8 Å². The third kappa shape index (κ3) is 4.67. The normalized spacial score (nSPS) is 21.0.